The minimum absolute atomic E-state index is 0.142. The van der Waals surface area contributed by atoms with Crippen molar-refractivity contribution in [1.82, 2.24) is 20.1 Å². The van der Waals surface area contributed by atoms with Crippen LogP contribution < -0.4 is 4.74 Å². The van der Waals surface area contributed by atoms with Gasteiger partial charge in [-0.3, -0.25) is 9.89 Å². The van der Waals surface area contributed by atoms with Crippen molar-refractivity contribution < 1.29 is 9.53 Å². The quantitative estimate of drug-likeness (QED) is 0.927. The first-order valence-electron chi connectivity index (χ1n) is 5.98. The van der Waals surface area contributed by atoms with Crippen molar-refractivity contribution in [3.8, 4) is 5.75 Å². The summed E-state index contributed by atoms with van der Waals surface area (Å²) in [6, 6.07) is 5.30. The lowest BCUT2D eigenvalue weighted by Gasteiger charge is -2.17. The van der Waals surface area contributed by atoms with Crippen molar-refractivity contribution in [1.29, 1.82) is 0 Å². The number of aromatic amines is 1. The molecule has 1 amide bonds. The molecule has 0 aliphatic rings. The molecule has 0 bridgehead atoms. The van der Waals surface area contributed by atoms with Crippen LogP contribution >= 0.6 is 15.9 Å². The highest BCUT2D eigenvalue weighted by Crippen LogP contribution is 2.24. The molecule has 0 radical (unpaired) electrons. The van der Waals surface area contributed by atoms with Gasteiger partial charge in [-0.1, -0.05) is 15.9 Å². The van der Waals surface area contributed by atoms with Crippen molar-refractivity contribution in [2.45, 2.75) is 13.5 Å². The lowest BCUT2D eigenvalue weighted by Crippen LogP contribution is -2.27. The number of amides is 1. The summed E-state index contributed by atoms with van der Waals surface area (Å²) in [6.45, 7) is 2.15. The molecule has 2 aromatic rings. The highest BCUT2D eigenvalue weighted by molar-refractivity contribution is 9.10. The Morgan fingerprint density at radius 1 is 1.50 bits per heavy atom. The molecule has 0 atom stereocenters. The number of halogens is 1. The molecule has 2 rings (SSSR count). The van der Waals surface area contributed by atoms with E-state index in [0.29, 0.717) is 23.7 Å². The normalized spacial score (nSPS) is 10.4. The number of carbonyl (C=O) groups excluding carboxylic acids is 1. The fraction of sp³-hybridized carbons (Fsp3) is 0.308. The summed E-state index contributed by atoms with van der Waals surface area (Å²) in [7, 11) is 3.24. The van der Waals surface area contributed by atoms with Crippen LogP contribution in [0.4, 0.5) is 0 Å². The Kier molecular flexibility index (Phi) is 4.39. The van der Waals surface area contributed by atoms with Crippen LogP contribution in [0.25, 0.3) is 0 Å². The number of methoxy groups -OCH3 is 1. The highest BCUT2D eigenvalue weighted by Gasteiger charge is 2.18. The van der Waals surface area contributed by atoms with Gasteiger partial charge in [0.05, 0.1) is 19.2 Å². The molecule has 0 spiro atoms. The number of nitrogens with one attached hydrogen (secondary N) is 1. The zero-order valence-electron chi connectivity index (χ0n) is 11.5. The molecule has 0 saturated heterocycles. The Hall–Kier alpha value is -1.89. The summed E-state index contributed by atoms with van der Waals surface area (Å²) >= 11 is 3.35. The third-order valence-corrected chi connectivity index (χ3v) is 3.26. The minimum atomic E-state index is -0.142. The van der Waals surface area contributed by atoms with Crippen molar-refractivity contribution in [3.63, 3.8) is 0 Å². The average molecular weight is 339 g/mol. The molecule has 106 valence electrons. The smallest absolute Gasteiger partial charge is 0.257 e. The maximum Gasteiger partial charge on any atom is 0.257 e. The first-order valence-corrected chi connectivity index (χ1v) is 6.77. The molecule has 1 heterocycles. The number of nitrogens with zero attached hydrogens (tertiary/aromatic N) is 3. The van der Waals surface area contributed by atoms with E-state index in [9.17, 15) is 4.79 Å². The molecule has 0 aliphatic heterocycles. The number of benzene rings is 1. The summed E-state index contributed by atoms with van der Waals surface area (Å²) in [4.78, 5) is 18.1. The van der Waals surface area contributed by atoms with E-state index in [4.69, 9.17) is 4.74 Å². The zero-order chi connectivity index (χ0) is 14.7. The third kappa shape index (κ3) is 3.16. The summed E-state index contributed by atoms with van der Waals surface area (Å²) < 4.78 is 6.10. The lowest BCUT2D eigenvalue weighted by molar-refractivity contribution is 0.0778. The molecular weight excluding hydrogens is 324 g/mol. The Morgan fingerprint density at radius 2 is 2.25 bits per heavy atom. The van der Waals surface area contributed by atoms with Gasteiger partial charge in [0.1, 0.15) is 11.6 Å². The molecule has 1 aromatic carbocycles. The van der Waals surface area contributed by atoms with Crippen LogP contribution in [0.15, 0.2) is 22.7 Å². The maximum atomic E-state index is 12.4. The van der Waals surface area contributed by atoms with Crippen molar-refractivity contribution in [2.24, 2.45) is 0 Å². The molecule has 0 unspecified atom stereocenters. The lowest BCUT2D eigenvalue weighted by atomic mass is 10.2. The van der Waals surface area contributed by atoms with Crippen LogP contribution in [0, 0.1) is 6.92 Å². The first-order chi connectivity index (χ1) is 9.51. The summed E-state index contributed by atoms with van der Waals surface area (Å²) in [5.41, 5.74) is 0.505. The van der Waals surface area contributed by atoms with Gasteiger partial charge in [0, 0.05) is 11.5 Å². The number of rotatable bonds is 4. The summed E-state index contributed by atoms with van der Waals surface area (Å²) in [5, 5.41) is 6.77. The largest absolute Gasteiger partial charge is 0.496 e. The number of ether oxygens (including phenoxy) is 1. The standard InChI is InChI=1S/C13H15BrN4O2/c1-8-15-12(17-16-8)7-18(2)13(19)10-5-4-9(14)6-11(10)20-3/h4-6H,7H2,1-3H3,(H,15,16,17). The minimum Gasteiger partial charge on any atom is -0.496 e. The molecule has 1 aromatic heterocycles. The predicted molar refractivity (Wildman–Crippen MR) is 77.6 cm³/mol. The molecule has 20 heavy (non-hydrogen) atoms. The van der Waals surface area contributed by atoms with Gasteiger partial charge < -0.3 is 9.64 Å². The maximum absolute atomic E-state index is 12.4. The van der Waals surface area contributed by atoms with E-state index in [1.54, 1.807) is 30.1 Å². The molecule has 0 aliphatic carbocycles. The van der Waals surface area contributed by atoms with Gasteiger partial charge in [0.25, 0.3) is 5.91 Å². The number of carbonyl (C=O) groups is 1. The molecule has 1 N–H and O–H groups in total. The van der Waals surface area contributed by atoms with Gasteiger partial charge in [0.2, 0.25) is 0 Å². The van der Waals surface area contributed by atoms with Gasteiger partial charge in [-0.15, -0.1) is 0 Å². The second-order valence-electron chi connectivity index (χ2n) is 4.34. The number of H-pyrrole nitrogens is 1. The van der Waals surface area contributed by atoms with E-state index in [1.807, 2.05) is 6.92 Å². The van der Waals surface area contributed by atoms with Gasteiger partial charge in [-0.25, -0.2) is 4.98 Å². The fourth-order valence-electron chi connectivity index (χ4n) is 1.79. The number of aromatic nitrogens is 3. The van der Waals surface area contributed by atoms with Gasteiger partial charge in [-0.05, 0) is 25.1 Å². The van der Waals surface area contributed by atoms with E-state index in [-0.39, 0.29) is 5.91 Å². The molecule has 0 saturated carbocycles. The van der Waals surface area contributed by atoms with Crippen LogP contribution in [0.3, 0.4) is 0 Å². The Morgan fingerprint density at radius 3 is 2.85 bits per heavy atom. The van der Waals surface area contributed by atoms with Crippen molar-refractivity contribution in [2.75, 3.05) is 14.2 Å². The highest BCUT2D eigenvalue weighted by atomic mass is 79.9. The Labute approximate surface area is 125 Å². The SMILES string of the molecule is COc1cc(Br)ccc1C(=O)N(C)Cc1n[nH]c(C)n1. The van der Waals surface area contributed by atoms with Gasteiger partial charge in [0.15, 0.2) is 5.82 Å². The first kappa shape index (κ1) is 14.5. The third-order valence-electron chi connectivity index (χ3n) is 2.76. The second kappa shape index (κ2) is 6.04. The van der Waals surface area contributed by atoms with E-state index >= 15 is 0 Å². The van der Waals surface area contributed by atoms with Crippen molar-refractivity contribution >= 4 is 21.8 Å². The monoisotopic (exact) mass is 338 g/mol. The van der Waals surface area contributed by atoms with Crippen LogP contribution in [0.5, 0.6) is 5.75 Å². The van der Waals surface area contributed by atoms with Gasteiger partial charge in [-0.2, -0.15) is 5.10 Å². The molecule has 7 heteroatoms. The van der Waals surface area contributed by atoms with E-state index in [1.165, 1.54) is 7.11 Å². The molecule has 6 nitrogen and oxygen atoms in total. The van der Waals surface area contributed by atoms with Crippen LogP contribution in [-0.4, -0.2) is 40.1 Å². The Balaban J connectivity index is 2.18. The van der Waals surface area contributed by atoms with Crippen LogP contribution in [-0.2, 0) is 6.54 Å². The van der Waals surface area contributed by atoms with Crippen LogP contribution in [0.2, 0.25) is 0 Å². The number of hydrogen-bond acceptors (Lipinski definition) is 4. The molecular formula is C13H15BrN4O2. The fourth-order valence-corrected chi connectivity index (χ4v) is 2.13. The van der Waals surface area contributed by atoms with E-state index in [2.05, 4.69) is 31.1 Å². The zero-order valence-corrected chi connectivity index (χ0v) is 13.1. The van der Waals surface area contributed by atoms with E-state index in [0.717, 1.165) is 10.3 Å². The molecule has 0 fully saturated rings. The van der Waals surface area contributed by atoms with Gasteiger partial charge >= 0.3 is 0 Å². The van der Waals surface area contributed by atoms with Crippen molar-refractivity contribution in [3.05, 3.63) is 39.9 Å². The predicted octanol–water partition coefficient (Wildman–Crippen LogP) is 2.16. The topological polar surface area (TPSA) is 71.1 Å². The number of aryl methyl sites for hydroxylation is 1. The second-order valence-corrected chi connectivity index (χ2v) is 5.26. The number of hydrogen-bond donors (Lipinski definition) is 1. The summed E-state index contributed by atoms with van der Waals surface area (Å²) in [6.07, 6.45) is 0. The summed E-state index contributed by atoms with van der Waals surface area (Å²) in [5.74, 6) is 1.69. The van der Waals surface area contributed by atoms with Crippen LogP contribution in [0.1, 0.15) is 22.0 Å². The Bertz CT molecular complexity index is 627. The average Bonchev–Trinajstić information content (AvgIpc) is 2.83. The van der Waals surface area contributed by atoms with E-state index < -0.39 is 0 Å².